The quantitative estimate of drug-likeness (QED) is 0.189. The molecule has 0 aliphatic heterocycles. The number of alkyl halides is 3. The highest BCUT2D eigenvalue weighted by Gasteiger charge is 2.45. The van der Waals surface area contributed by atoms with Gasteiger partial charge in [-0.3, -0.25) is 4.79 Å². The molecule has 2 nitrogen and oxygen atoms in total. The highest BCUT2D eigenvalue weighted by molar-refractivity contribution is 6.76. The summed E-state index contributed by atoms with van der Waals surface area (Å²) in [5.74, 6) is -1.69. The summed E-state index contributed by atoms with van der Waals surface area (Å²) in [5, 5.41) is 0. The maximum absolute atomic E-state index is 12.6. The minimum atomic E-state index is -4.76. The lowest BCUT2D eigenvalue weighted by atomic mass is 10.0. The maximum atomic E-state index is 12.6. The van der Waals surface area contributed by atoms with Crippen LogP contribution in [0, 0.1) is 0 Å². The molecule has 0 atom stereocenters. The monoisotopic (exact) mass is 409 g/mol. The molecule has 0 fully saturated rings. The van der Waals surface area contributed by atoms with E-state index < -0.39 is 20.3 Å². The summed E-state index contributed by atoms with van der Waals surface area (Å²) >= 11 is 0. The Bertz CT molecular complexity index is 386. The van der Waals surface area contributed by atoms with Gasteiger partial charge in [0.1, 0.15) is 0 Å². The first-order valence-electron chi connectivity index (χ1n) is 11.0. The third-order valence-electron chi connectivity index (χ3n) is 5.60. The topological polar surface area (TPSA) is 20.3 Å². The molecule has 0 spiro atoms. The largest absolute Gasteiger partial charge is 0.470 e. The van der Waals surface area contributed by atoms with E-state index in [9.17, 15) is 18.0 Å². The Labute approximate surface area is 166 Å². The first-order valence-corrected chi connectivity index (χ1v) is 14.1. The molecule has 1 amide bonds. The van der Waals surface area contributed by atoms with Crippen LogP contribution in [-0.4, -0.2) is 31.9 Å². The van der Waals surface area contributed by atoms with E-state index in [0.717, 1.165) is 29.9 Å². The van der Waals surface area contributed by atoms with Crippen LogP contribution in [0.5, 0.6) is 0 Å². The fraction of sp³-hybridized carbons (Fsp3) is 0.952. The summed E-state index contributed by atoms with van der Waals surface area (Å²) in [6, 6.07) is 0.739. The van der Waals surface area contributed by atoms with Crippen molar-refractivity contribution in [2.24, 2.45) is 0 Å². The van der Waals surface area contributed by atoms with Crippen LogP contribution in [0.2, 0.25) is 19.1 Å². The summed E-state index contributed by atoms with van der Waals surface area (Å²) in [6.07, 6.45) is 13.0. The lowest BCUT2D eigenvalue weighted by Gasteiger charge is -2.34. The third kappa shape index (κ3) is 13.3. The predicted molar refractivity (Wildman–Crippen MR) is 111 cm³/mol. The Balaban J connectivity index is 3.59. The summed E-state index contributed by atoms with van der Waals surface area (Å²) in [5.41, 5.74) is 0. The van der Waals surface area contributed by atoms with Crippen LogP contribution >= 0.6 is 0 Å². The molecule has 0 aromatic rings. The standard InChI is InChI=1S/C21H42F3NOSi/c1-5-6-7-8-9-10-11-12-13-14-15-16-17-18-19-27(3,4)25(2)20(26)21(22,23)24/h5-19H2,1-4H3. The zero-order chi connectivity index (χ0) is 20.8. The van der Waals surface area contributed by atoms with Crippen LogP contribution < -0.4 is 0 Å². The van der Waals surface area contributed by atoms with Gasteiger partial charge >= 0.3 is 12.1 Å². The Kier molecular flexibility index (Phi) is 14.2. The lowest BCUT2D eigenvalue weighted by Crippen LogP contribution is -2.53. The number of amides is 1. The molecule has 0 bridgehead atoms. The van der Waals surface area contributed by atoms with Crippen molar-refractivity contribution in [1.82, 2.24) is 4.57 Å². The van der Waals surface area contributed by atoms with Crippen molar-refractivity contribution in [2.75, 3.05) is 7.05 Å². The number of rotatable bonds is 16. The van der Waals surface area contributed by atoms with Gasteiger partial charge in [0.2, 0.25) is 0 Å². The SMILES string of the molecule is CCCCCCCCCCCCCCCC[Si](C)(C)N(C)C(=O)C(F)(F)F. The van der Waals surface area contributed by atoms with Gasteiger partial charge < -0.3 is 4.57 Å². The van der Waals surface area contributed by atoms with Crippen molar-refractivity contribution >= 4 is 14.1 Å². The zero-order valence-corrected chi connectivity index (χ0v) is 19.1. The molecule has 0 unspecified atom stereocenters. The van der Waals surface area contributed by atoms with Crippen LogP contribution in [0.3, 0.4) is 0 Å². The van der Waals surface area contributed by atoms with Gasteiger partial charge in [0.15, 0.2) is 8.24 Å². The molecule has 0 rings (SSSR count). The van der Waals surface area contributed by atoms with Crippen molar-refractivity contribution in [3.63, 3.8) is 0 Å². The highest BCUT2D eigenvalue weighted by Crippen LogP contribution is 2.25. The lowest BCUT2D eigenvalue weighted by molar-refractivity contribution is -0.179. The molecule has 0 aliphatic carbocycles. The average molecular weight is 410 g/mol. The van der Waals surface area contributed by atoms with Gasteiger partial charge in [0, 0.05) is 7.05 Å². The second kappa shape index (κ2) is 14.5. The Morgan fingerprint density at radius 2 is 1.07 bits per heavy atom. The van der Waals surface area contributed by atoms with Crippen LogP contribution in [0.25, 0.3) is 0 Å². The molecular weight excluding hydrogens is 367 g/mol. The molecule has 0 N–H and O–H groups in total. The summed E-state index contributed by atoms with van der Waals surface area (Å²) in [7, 11) is -1.01. The number of carbonyl (C=O) groups is 1. The Morgan fingerprint density at radius 1 is 0.741 bits per heavy atom. The van der Waals surface area contributed by atoms with E-state index in [1.807, 2.05) is 13.1 Å². The van der Waals surface area contributed by atoms with Crippen LogP contribution in [-0.2, 0) is 4.79 Å². The van der Waals surface area contributed by atoms with Crippen molar-refractivity contribution in [1.29, 1.82) is 0 Å². The number of unbranched alkanes of at least 4 members (excludes halogenated alkanes) is 13. The normalized spacial score (nSPS) is 12.4. The van der Waals surface area contributed by atoms with Crippen molar-refractivity contribution in [3.05, 3.63) is 0 Å². The van der Waals surface area contributed by atoms with E-state index in [2.05, 4.69) is 6.92 Å². The second-order valence-corrected chi connectivity index (χ2v) is 13.3. The number of carbonyl (C=O) groups excluding carboxylic acids is 1. The molecule has 0 radical (unpaired) electrons. The number of hydrogen-bond acceptors (Lipinski definition) is 1. The van der Waals surface area contributed by atoms with Gasteiger partial charge in [-0.1, -0.05) is 110 Å². The first-order chi connectivity index (χ1) is 12.6. The number of nitrogens with zero attached hydrogens (tertiary/aromatic N) is 1. The van der Waals surface area contributed by atoms with Gasteiger partial charge in [-0.05, 0) is 6.04 Å². The molecule has 0 aromatic carbocycles. The van der Waals surface area contributed by atoms with Gasteiger partial charge in [0.05, 0.1) is 0 Å². The molecule has 0 heterocycles. The van der Waals surface area contributed by atoms with E-state index in [1.165, 1.54) is 77.7 Å². The van der Waals surface area contributed by atoms with E-state index in [1.54, 1.807) is 0 Å². The minimum Gasteiger partial charge on any atom is -0.365 e. The third-order valence-corrected chi connectivity index (χ3v) is 9.19. The number of halogens is 3. The van der Waals surface area contributed by atoms with Crippen LogP contribution in [0.1, 0.15) is 96.8 Å². The molecule has 0 saturated heterocycles. The fourth-order valence-electron chi connectivity index (χ4n) is 3.38. The molecular formula is C21H42F3NOSi. The van der Waals surface area contributed by atoms with E-state index >= 15 is 0 Å². The molecule has 0 saturated carbocycles. The molecule has 6 heteroatoms. The molecule has 27 heavy (non-hydrogen) atoms. The Morgan fingerprint density at radius 3 is 1.41 bits per heavy atom. The zero-order valence-electron chi connectivity index (χ0n) is 18.1. The van der Waals surface area contributed by atoms with Gasteiger partial charge in [-0.25, -0.2) is 0 Å². The maximum Gasteiger partial charge on any atom is 0.470 e. The number of hydrogen-bond donors (Lipinski definition) is 0. The summed E-state index contributed by atoms with van der Waals surface area (Å²) in [6.45, 7) is 5.94. The Hall–Kier alpha value is -0.523. The van der Waals surface area contributed by atoms with E-state index in [-0.39, 0.29) is 0 Å². The average Bonchev–Trinajstić information content (AvgIpc) is 2.59. The van der Waals surface area contributed by atoms with Gasteiger partial charge in [0.25, 0.3) is 0 Å². The minimum absolute atomic E-state index is 0.739. The van der Waals surface area contributed by atoms with Gasteiger partial charge in [-0.2, -0.15) is 13.2 Å². The predicted octanol–water partition coefficient (Wildman–Crippen LogP) is 7.69. The van der Waals surface area contributed by atoms with Crippen molar-refractivity contribution in [3.8, 4) is 0 Å². The van der Waals surface area contributed by atoms with Crippen molar-refractivity contribution < 1.29 is 18.0 Å². The van der Waals surface area contributed by atoms with Gasteiger partial charge in [-0.15, -0.1) is 0 Å². The van der Waals surface area contributed by atoms with Crippen LogP contribution in [0.15, 0.2) is 0 Å². The smallest absolute Gasteiger partial charge is 0.365 e. The molecule has 162 valence electrons. The molecule has 0 aromatic heterocycles. The first kappa shape index (κ1) is 26.5. The van der Waals surface area contributed by atoms with Crippen molar-refractivity contribution in [2.45, 2.75) is 122 Å². The fourth-order valence-corrected chi connectivity index (χ4v) is 5.51. The second-order valence-electron chi connectivity index (χ2n) is 8.52. The summed E-state index contributed by atoms with van der Waals surface area (Å²) < 4.78 is 38.7. The highest BCUT2D eigenvalue weighted by atomic mass is 28.3. The van der Waals surface area contributed by atoms with E-state index in [4.69, 9.17) is 0 Å². The van der Waals surface area contributed by atoms with E-state index in [0.29, 0.717) is 0 Å². The summed E-state index contributed by atoms with van der Waals surface area (Å²) in [4.78, 5) is 11.4. The van der Waals surface area contributed by atoms with Crippen LogP contribution in [0.4, 0.5) is 13.2 Å². The molecule has 0 aliphatic rings.